The van der Waals surface area contributed by atoms with Crippen molar-refractivity contribution in [1.29, 1.82) is 0 Å². The van der Waals surface area contributed by atoms with Gasteiger partial charge in [0.25, 0.3) is 5.91 Å². The molecule has 1 unspecified atom stereocenters. The second-order valence-corrected chi connectivity index (χ2v) is 7.23. The highest BCUT2D eigenvalue weighted by atomic mass is 19.1. The van der Waals surface area contributed by atoms with E-state index in [2.05, 4.69) is 5.16 Å². The number of rotatable bonds is 6. The lowest BCUT2D eigenvalue weighted by Gasteiger charge is -2.25. The summed E-state index contributed by atoms with van der Waals surface area (Å²) in [7, 11) is 0. The molecule has 1 aliphatic heterocycles. The molecule has 4 nitrogen and oxygen atoms in total. The van der Waals surface area contributed by atoms with Crippen molar-refractivity contribution in [3.05, 3.63) is 107 Å². The molecule has 0 aromatic heterocycles. The van der Waals surface area contributed by atoms with E-state index < -0.39 is 29.5 Å². The van der Waals surface area contributed by atoms with Crippen molar-refractivity contribution in [3.63, 3.8) is 0 Å². The molecule has 0 radical (unpaired) electrons. The molecule has 0 saturated carbocycles. The average molecular weight is 424 g/mol. The van der Waals surface area contributed by atoms with Crippen LogP contribution in [0.3, 0.4) is 0 Å². The van der Waals surface area contributed by atoms with Gasteiger partial charge in [-0.15, -0.1) is 0 Å². The second-order valence-electron chi connectivity index (χ2n) is 7.23. The minimum Gasteiger partial charge on any atom is -0.390 e. The molecule has 158 valence electrons. The van der Waals surface area contributed by atoms with Gasteiger partial charge in [0.05, 0.1) is 12.3 Å². The highest BCUT2D eigenvalue weighted by molar-refractivity contribution is 6.01. The molecule has 0 aliphatic carbocycles. The van der Waals surface area contributed by atoms with E-state index in [4.69, 9.17) is 4.84 Å². The number of hydrogen-bond donors (Lipinski definition) is 0. The van der Waals surface area contributed by atoms with Crippen molar-refractivity contribution in [2.75, 3.05) is 6.54 Å². The molecule has 3 aromatic rings. The molecule has 0 saturated heterocycles. The van der Waals surface area contributed by atoms with Crippen molar-refractivity contribution in [2.24, 2.45) is 5.16 Å². The van der Waals surface area contributed by atoms with E-state index in [0.717, 1.165) is 0 Å². The highest BCUT2D eigenvalue weighted by Crippen LogP contribution is 2.22. The molecule has 1 heterocycles. The molecule has 4 rings (SSSR count). The SMILES string of the molecule is O=C(c1ccc(F)cc1)N(Cc1ccccc1F)CC1CC(c2ccccc2F)=NO1. The zero-order chi connectivity index (χ0) is 21.8. The number of benzene rings is 3. The minimum atomic E-state index is -0.522. The van der Waals surface area contributed by atoms with Gasteiger partial charge < -0.3 is 9.74 Å². The third-order valence-corrected chi connectivity index (χ3v) is 5.04. The summed E-state index contributed by atoms with van der Waals surface area (Å²) in [6, 6.07) is 17.6. The lowest BCUT2D eigenvalue weighted by atomic mass is 10.0. The number of carbonyl (C=O) groups excluding carboxylic acids is 1. The zero-order valence-electron chi connectivity index (χ0n) is 16.5. The number of hydrogen-bond acceptors (Lipinski definition) is 3. The van der Waals surface area contributed by atoms with Gasteiger partial charge in [-0.1, -0.05) is 41.6 Å². The van der Waals surface area contributed by atoms with Crippen LogP contribution in [0.2, 0.25) is 0 Å². The van der Waals surface area contributed by atoms with Crippen LogP contribution in [0.15, 0.2) is 78.0 Å². The standard InChI is InChI=1S/C24H19F3N2O2/c25-18-11-9-16(10-12-18)24(30)29(14-17-5-1-3-7-21(17)26)15-19-13-23(28-31-19)20-6-2-4-8-22(20)27/h1-12,19H,13-15H2. The Morgan fingerprint density at radius 3 is 2.32 bits per heavy atom. The first kappa shape index (κ1) is 20.7. The van der Waals surface area contributed by atoms with Crippen LogP contribution in [0.4, 0.5) is 13.2 Å². The molecule has 7 heteroatoms. The van der Waals surface area contributed by atoms with E-state index in [1.54, 1.807) is 36.4 Å². The maximum Gasteiger partial charge on any atom is 0.254 e. The summed E-state index contributed by atoms with van der Waals surface area (Å²) in [6.45, 7) is 0.101. The third kappa shape index (κ3) is 4.77. The Hall–Kier alpha value is -3.61. The Bertz CT molecular complexity index is 1120. The van der Waals surface area contributed by atoms with Gasteiger partial charge in [-0.3, -0.25) is 4.79 Å². The molecule has 31 heavy (non-hydrogen) atoms. The highest BCUT2D eigenvalue weighted by Gasteiger charge is 2.28. The molecule has 3 aromatic carbocycles. The molecule has 1 amide bonds. The van der Waals surface area contributed by atoms with Crippen molar-refractivity contribution in [3.8, 4) is 0 Å². The molecule has 0 N–H and O–H groups in total. The monoisotopic (exact) mass is 424 g/mol. The molecule has 1 atom stereocenters. The van der Waals surface area contributed by atoms with E-state index in [1.165, 1.54) is 41.3 Å². The molecule has 1 aliphatic rings. The van der Waals surface area contributed by atoms with Crippen LogP contribution in [-0.4, -0.2) is 29.2 Å². The lowest BCUT2D eigenvalue weighted by molar-refractivity contribution is 0.0403. The molecule has 0 bridgehead atoms. The van der Waals surface area contributed by atoms with Gasteiger partial charge in [0, 0.05) is 29.7 Å². The van der Waals surface area contributed by atoms with Crippen LogP contribution in [-0.2, 0) is 11.4 Å². The Kier molecular flexibility index (Phi) is 6.02. The zero-order valence-corrected chi connectivity index (χ0v) is 16.5. The molecule has 0 spiro atoms. The third-order valence-electron chi connectivity index (χ3n) is 5.04. The summed E-state index contributed by atoms with van der Waals surface area (Å²) in [5.41, 5.74) is 1.40. The largest absolute Gasteiger partial charge is 0.390 e. The van der Waals surface area contributed by atoms with E-state index in [9.17, 15) is 18.0 Å². The average Bonchev–Trinajstić information content (AvgIpc) is 3.23. The van der Waals surface area contributed by atoms with Crippen LogP contribution >= 0.6 is 0 Å². The van der Waals surface area contributed by atoms with Crippen LogP contribution < -0.4 is 0 Å². The Labute approximate surface area is 177 Å². The smallest absolute Gasteiger partial charge is 0.254 e. The fourth-order valence-corrected chi connectivity index (χ4v) is 3.45. The number of nitrogens with zero attached hydrogens (tertiary/aromatic N) is 2. The van der Waals surface area contributed by atoms with Gasteiger partial charge in [-0.25, -0.2) is 13.2 Å². The first-order chi connectivity index (χ1) is 15.0. The van der Waals surface area contributed by atoms with Gasteiger partial charge in [-0.2, -0.15) is 0 Å². The van der Waals surface area contributed by atoms with E-state index in [0.29, 0.717) is 23.3 Å². The van der Waals surface area contributed by atoms with E-state index >= 15 is 0 Å². The summed E-state index contributed by atoms with van der Waals surface area (Å²) in [4.78, 5) is 20.0. The maximum absolute atomic E-state index is 14.2. The Morgan fingerprint density at radius 2 is 1.61 bits per heavy atom. The van der Waals surface area contributed by atoms with Gasteiger partial charge in [0.2, 0.25) is 0 Å². The van der Waals surface area contributed by atoms with Gasteiger partial charge in [-0.05, 0) is 36.4 Å². The van der Waals surface area contributed by atoms with Crippen molar-refractivity contribution in [1.82, 2.24) is 4.90 Å². The fraction of sp³-hybridized carbons (Fsp3) is 0.167. The van der Waals surface area contributed by atoms with Crippen molar-refractivity contribution < 1.29 is 22.8 Å². The molecular formula is C24H19F3N2O2. The normalized spacial score (nSPS) is 15.3. The predicted molar refractivity (Wildman–Crippen MR) is 110 cm³/mol. The van der Waals surface area contributed by atoms with Crippen LogP contribution in [0.5, 0.6) is 0 Å². The molecule has 0 fully saturated rings. The van der Waals surface area contributed by atoms with Gasteiger partial charge in [0.1, 0.15) is 17.5 Å². The van der Waals surface area contributed by atoms with Crippen LogP contribution in [0.1, 0.15) is 27.9 Å². The predicted octanol–water partition coefficient (Wildman–Crippen LogP) is 4.94. The van der Waals surface area contributed by atoms with Crippen LogP contribution in [0.25, 0.3) is 0 Å². The number of oxime groups is 1. The summed E-state index contributed by atoms with van der Waals surface area (Å²) in [5, 5.41) is 3.98. The van der Waals surface area contributed by atoms with Gasteiger partial charge >= 0.3 is 0 Å². The fourth-order valence-electron chi connectivity index (χ4n) is 3.45. The summed E-state index contributed by atoms with van der Waals surface area (Å²) in [6.07, 6.45) is -0.225. The maximum atomic E-state index is 14.2. The molecular weight excluding hydrogens is 405 g/mol. The lowest BCUT2D eigenvalue weighted by Crippen LogP contribution is -2.37. The van der Waals surface area contributed by atoms with Crippen LogP contribution in [0, 0.1) is 17.5 Å². The minimum absolute atomic E-state index is 0.00221. The Morgan fingerprint density at radius 1 is 0.935 bits per heavy atom. The van der Waals surface area contributed by atoms with Gasteiger partial charge in [0.15, 0.2) is 6.10 Å². The number of halogens is 3. The van der Waals surface area contributed by atoms with Crippen molar-refractivity contribution in [2.45, 2.75) is 19.1 Å². The summed E-state index contributed by atoms with van der Waals surface area (Å²) >= 11 is 0. The number of amides is 1. The van der Waals surface area contributed by atoms with E-state index in [1.807, 2.05) is 0 Å². The summed E-state index contributed by atoms with van der Waals surface area (Å²) in [5.74, 6) is -1.70. The second kappa shape index (κ2) is 9.04. The van der Waals surface area contributed by atoms with Crippen molar-refractivity contribution >= 4 is 11.6 Å². The summed E-state index contributed by atoms with van der Waals surface area (Å²) < 4.78 is 41.6. The quantitative estimate of drug-likeness (QED) is 0.563. The van der Waals surface area contributed by atoms with E-state index in [-0.39, 0.29) is 18.7 Å². The topological polar surface area (TPSA) is 41.9 Å². The number of carbonyl (C=O) groups is 1. The first-order valence-electron chi connectivity index (χ1n) is 9.77. The first-order valence-corrected chi connectivity index (χ1v) is 9.77. The Balaban J connectivity index is 1.53.